The molecule has 0 unspecified atom stereocenters. The Morgan fingerprint density at radius 2 is 2.06 bits per heavy atom. The van der Waals surface area contributed by atoms with Crippen molar-refractivity contribution in [1.82, 2.24) is 15.3 Å². The molecule has 33 heavy (non-hydrogen) atoms. The fourth-order valence-electron chi connectivity index (χ4n) is 3.49. The van der Waals surface area contributed by atoms with E-state index in [4.69, 9.17) is 0 Å². The third-order valence-electron chi connectivity index (χ3n) is 5.54. The number of amides is 1. The van der Waals surface area contributed by atoms with E-state index in [0.717, 1.165) is 40.3 Å². The number of pyridine rings is 1. The van der Waals surface area contributed by atoms with Crippen LogP contribution in [0.3, 0.4) is 0 Å². The lowest BCUT2D eigenvalue weighted by Crippen LogP contribution is -2.42. The molecule has 1 aliphatic heterocycles. The summed E-state index contributed by atoms with van der Waals surface area (Å²) in [7, 11) is 0. The van der Waals surface area contributed by atoms with Crippen LogP contribution < -0.4 is 16.0 Å². The molecular weight excluding hydrogens is 461 g/mol. The van der Waals surface area contributed by atoms with E-state index in [0.29, 0.717) is 17.1 Å². The van der Waals surface area contributed by atoms with E-state index in [9.17, 15) is 14.3 Å². The van der Waals surface area contributed by atoms with Crippen LogP contribution in [0.1, 0.15) is 37.0 Å². The van der Waals surface area contributed by atoms with Crippen molar-refractivity contribution >= 4 is 56.4 Å². The van der Waals surface area contributed by atoms with Gasteiger partial charge in [-0.3, -0.25) is 4.79 Å². The number of halogens is 1. The van der Waals surface area contributed by atoms with Gasteiger partial charge in [-0.15, -0.1) is 11.3 Å². The van der Waals surface area contributed by atoms with Gasteiger partial charge >= 0.3 is 0 Å². The maximum Gasteiger partial charge on any atom is 0.255 e. The molecule has 1 saturated heterocycles. The van der Waals surface area contributed by atoms with E-state index in [-0.39, 0.29) is 12.6 Å². The molecule has 1 aliphatic rings. The average Bonchev–Trinajstić information content (AvgIpc) is 3.25. The first-order chi connectivity index (χ1) is 15.8. The molecule has 0 bridgehead atoms. The Morgan fingerprint density at radius 1 is 1.27 bits per heavy atom. The van der Waals surface area contributed by atoms with Crippen LogP contribution >= 0.6 is 23.1 Å². The molecular formula is C23H28FN5O2S2. The van der Waals surface area contributed by atoms with Gasteiger partial charge in [0.15, 0.2) is 0 Å². The highest BCUT2D eigenvalue weighted by atomic mass is 32.2. The first kappa shape index (κ1) is 23.7. The summed E-state index contributed by atoms with van der Waals surface area (Å²) < 4.78 is 15.2. The molecule has 1 fully saturated rings. The van der Waals surface area contributed by atoms with Crippen LogP contribution in [0.25, 0.3) is 10.2 Å². The van der Waals surface area contributed by atoms with Gasteiger partial charge in [0.2, 0.25) is 0 Å². The molecule has 7 nitrogen and oxygen atoms in total. The van der Waals surface area contributed by atoms with Crippen LogP contribution in [0.15, 0.2) is 36.0 Å². The van der Waals surface area contributed by atoms with Crippen molar-refractivity contribution in [2.75, 3.05) is 28.7 Å². The summed E-state index contributed by atoms with van der Waals surface area (Å²) in [6.45, 7) is 2.48. The molecule has 1 aromatic carbocycles. The minimum Gasteiger partial charge on any atom is -0.387 e. The van der Waals surface area contributed by atoms with Gasteiger partial charge in [0.25, 0.3) is 5.91 Å². The molecule has 0 spiro atoms. The molecule has 1 amide bonds. The number of fused-ring (bicyclic) bond motifs is 1. The van der Waals surface area contributed by atoms with Crippen LogP contribution in [0, 0.1) is 0 Å². The van der Waals surface area contributed by atoms with E-state index in [1.807, 2.05) is 41.5 Å². The lowest BCUT2D eigenvalue weighted by molar-refractivity contribution is -0.00177. The summed E-state index contributed by atoms with van der Waals surface area (Å²) in [5, 5.41) is 19.2. The second-order valence-electron chi connectivity index (χ2n) is 8.64. The van der Waals surface area contributed by atoms with Gasteiger partial charge in [-0.25, -0.2) is 14.4 Å². The van der Waals surface area contributed by atoms with Gasteiger partial charge in [0.05, 0.1) is 39.1 Å². The first-order valence-electron chi connectivity index (χ1n) is 10.9. The highest BCUT2D eigenvalue weighted by molar-refractivity contribution is 7.99. The second-order valence-corrected chi connectivity index (χ2v) is 10.7. The maximum absolute atomic E-state index is 14.1. The number of benzene rings is 1. The number of thiazole rings is 1. The topological polar surface area (TPSA) is 99.2 Å². The quantitative estimate of drug-likeness (QED) is 0.368. The predicted molar refractivity (Wildman–Crippen MR) is 135 cm³/mol. The minimum atomic E-state index is -1.58. The Hall–Kier alpha value is -2.43. The molecule has 3 heterocycles. The van der Waals surface area contributed by atoms with Gasteiger partial charge in [0.1, 0.15) is 12.0 Å². The van der Waals surface area contributed by atoms with Gasteiger partial charge in [-0.05, 0) is 56.4 Å². The molecule has 0 saturated carbocycles. The van der Waals surface area contributed by atoms with Crippen LogP contribution in [-0.2, 0) is 0 Å². The first-order valence-corrected chi connectivity index (χ1v) is 12.9. The van der Waals surface area contributed by atoms with Gasteiger partial charge in [-0.1, -0.05) is 0 Å². The lowest BCUT2D eigenvalue weighted by Gasteiger charge is -2.25. The summed E-state index contributed by atoms with van der Waals surface area (Å²) in [5.74, 6) is 2.31. The Balaban J connectivity index is 1.54. The number of nitrogens with one attached hydrogen (secondary N) is 3. The summed E-state index contributed by atoms with van der Waals surface area (Å²) in [4.78, 5) is 21.6. The number of carbonyl (C=O) groups excluding carboxylic acids is 1. The van der Waals surface area contributed by atoms with Crippen molar-refractivity contribution in [3.8, 4) is 0 Å². The average molecular weight is 490 g/mol. The third kappa shape index (κ3) is 6.13. The SMILES string of the molecule is CC(C)(O)[C@H](F)CNC(=O)c1cnc(Nc2ccc3ncsc3c2)cc1NC1CCSCC1. The molecule has 0 aliphatic carbocycles. The zero-order valence-corrected chi connectivity index (χ0v) is 20.2. The van der Waals surface area contributed by atoms with E-state index in [1.54, 1.807) is 11.3 Å². The number of alkyl halides is 1. The summed E-state index contributed by atoms with van der Waals surface area (Å²) >= 11 is 3.49. The summed E-state index contributed by atoms with van der Waals surface area (Å²) in [5.41, 5.74) is 3.10. The normalized spacial score (nSPS) is 15.9. The fourth-order valence-corrected chi connectivity index (χ4v) is 5.32. The number of thioether (sulfide) groups is 1. The van der Waals surface area contributed by atoms with Crippen molar-refractivity contribution in [3.05, 3.63) is 41.5 Å². The van der Waals surface area contributed by atoms with Crippen LogP contribution in [0.2, 0.25) is 0 Å². The lowest BCUT2D eigenvalue weighted by atomic mass is 10.0. The maximum atomic E-state index is 14.1. The number of aliphatic hydroxyl groups is 1. The zero-order chi connectivity index (χ0) is 23.4. The molecule has 0 radical (unpaired) electrons. The highest BCUT2D eigenvalue weighted by Crippen LogP contribution is 2.28. The minimum absolute atomic E-state index is 0.256. The largest absolute Gasteiger partial charge is 0.387 e. The highest BCUT2D eigenvalue weighted by Gasteiger charge is 2.27. The number of nitrogens with zero attached hydrogens (tertiary/aromatic N) is 2. The summed E-state index contributed by atoms with van der Waals surface area (Å²) in [6, 6.07) is 7.97. The van der Waals surface area contributed by atoms with Gasteiger partial charge < -0.3 is 21.1 Å². The molecule has 10 heteroatoms. The number of rotatable bonds is 8. The van der Waals surface area contributed by atoms with E-state index < -0.39 is 17.7 Å². The smallest absolute Gasteiger partial charge is 0.255 e. The third-order valence-corrected chi connectivity index (χ3v) is 7.38. The van der Waals surface area contributed by atoms with Crippen LogP contribution in [-0.4, -0.2) is 56.8 Å². The van der Waals surface area contributed by atoms with Gasteiger partial charge in [0, 0.05) is 24.0 Å². The van der Waals surface area contributed by atoms with Crippen molar-refractivity contribution in [2.24, 2.45) is 0 Å². The second kappa shape index (κ2) is 10.2. The number of carbonyl (C=O) groups is 1. The predicted octanol–water partition coefficient (Wildman–Crippen LogP) is 4.58. The molecule has 176 valence electrons. The fraction of sp³-hybridized carbons (Fsp3) is 0.435. The van der Waals surface area contributed by atoms with Crippen molar-refractivity contribution in [2.45, 2.75) is 44.5 Å². The van der Waals surface area contributed by atoms with Crippen LogP contribution in [0.4, 0.5) is 21.6 Å². The van der Waals surface area contributed by atoms with Gasteiger partial charge in [-0.2, -0.15) is 11.8 Å². The van der Waals surface area contributed by atoms with Crippen molar-refractivity contribution in [3.63, 3.8) is 0 Å². The summed E-state index contributed by atoms with van der Waals surface area (Å²) in [6.07, 6.45) is 1.93. The van der Waals surface area contributed by atoms with E-state index in [2.05, 4.69) is 25.9 Å². The van der Waals surface area contributed by atoms with Crippen molar-refractivity contribution in [1.29, 1.82) is 0 Å². The number of hydrogen-bond acceptors (Lipinski definition) is 8. The molecule has 3 aromatic rings. The monoisotopic (exact) mass is 489 g/mol. The Kier molecular flexibility index (Phi) is 7.35. The number of anilines is 3. The number of aromatic nitrogens is 2. The Labute approximate surface area is 200 Å². The molecule has 4 N–H and O–H groups in total. The Morgan fingerprint density at radius 3 is 2.82 bits per heavy atom. The number of hydrogen-bond donors (Lipinski definition) is 4. The molecule has 4 rings (SSSR count). The van der Waals surface area contributed by atoms with Crippen LogP contribution in [0.5, 0.6) is 0 Å². The molecule has 1 atom stereocenters. The Bertz CT molecular complexity index is 1110. The standard InChI is InChI=1S/C23H28FN5O2S2/c1-23(2,31)20(24)12-26-22(30)16-11-25-21(10-18(16)28-14-5-7-32-8-6-14)29-15-3-4-17-19(9-15)33-13-27-17/h3-4,9-11,13-14,20,31H,5-8,12H2,1-2H3,(H,26,30)(H2,25,28,29)/t20-/m1/s1. The van der Waals surface area contributed by atoms with Crippen molar-refractivity contribution < 1.29 is 14.3 Å². The molecule has 2 aromatic heterocycles. The van der Waals surface area contributed by atoms with E-state index in [1.165, 1.54) is 20.0 Å². The van der Waals surface area contributed by atoms with E-state index >= 15 is 0 Å². The zero-order valence-electron chi connectivity index (χ0n) is 18.6.